The minimum Gasteiger partial charge on any atom is -0.308 e. The van der Waals surface area contributed by atoms with Crippen molar-refractivity contribution >= 4 is 49.3 Å². The van der Waals surface area contributed by atoms with E-state index in [1.165, 1.54) is 56.6 Å². The number of fused-ring (bicyclic) bond motifs is 6. The Morgan fingerprint density at radius 1 is 0.312 bits per heavy atom. The molecule has 0 aliphatic heterocycles. The fraction of sp³-hybridized carbons (Fsp3) is 0.141. The summed E-state index contributed by atoms with van der Waals surface area (Å²) in [5, 5.41) is 4.12. The van der Waals surface area contributed by atoms with Crippen molar-refractivity contribution in [2.24, 2.45) is 0 Å². The van der Waals surface area contributed by atoms with Gasteiger partial charge in [-0.3, -0.25) is 0 Å². The lowest BCUT2D eigenvalue weighted by molar-refractivity contribution is -0.137. The lowest BCUT2D eigenvalue weighted by Crippen LogP contribution is -2.06. The van der Waals surface area contributed by atoms with Gasteiger partial charge in [0.25, 0.3) is 0 Å². The van der Waals surface area contributed by atoms with Crippen LogP contribution in [0.5, 0.6) is 0 Å². The van der Waals surface area contributed by atoms with Gasteiger partial charge in [-0.05, 0) is 196 Å². The number of benzene rings is 10. The summed E-state index contributed by atoms with van der Waals surface area (Å²) in [6, 6.07) is 61.0. The van der Waals surface area contributed by atoms with Gasteiger partial charge >= 0.3 is 6.18 Å². The first-order valence-electron chi connectivity index (χ1n) is 26.1. The number of nitrogens with zero attached hydrogens (tertiary/aromatic N) is 3. The SMILES string of the molecule is [C-]#[N+]c1cc(-n2c3ccc(-c4cc(C)cc(C)c4)cc3c3cc(-c4cc(C)cc(C)c4)ccc32)c(-n2c3ccc(-c4cc(C)cc(C)c4)cc3c3cc(-c4cc(C)cc(C)c4)ccc32)cc1-c1cc(C)cc(C(F)(F)F)c1. The van der Waals surface area contributed by atoms with Crippen molar-refractivity contribution in [3.63, 3.8) is 0 Å². The normalized spacial score (nSPS) is 11.9. The Kier molecular flexibility index (Phi) is 11.7. The Bertz CT molecular complexity index is 4200. The van der Waals surface area contributed by atoms with E-state index in [0.717, 1.165) is 99.5 Å². The number of aromatic nitrogens is 2. The number of halogens is 3. The second kappa shape index (κ2) is 18.4. The quantitative estimate of drug-likeness (QED) is 0.141. The van der Waals surface area contributed by atoms with E-state index in [2.05, 4.69) is 215 Å². The summed E-state index contributed by atoms with van der Waals surface area (Å²) < 4.78 is 48.7. The van der Waals surface area contributed by atoms with Crippen LogP contribution in [0.3, 0.4) is 0 Å². The average molecular weight is 1010 g/mol. The number of rotatable bonds is 7. The molecule has 0 unspecified atom stereocenters. The average Bonchev–Trinajstić information content (AvgIpc) is 4.05. The van der Waals surface area contributed by atoms with Gasteiger partial charge in [0.05, 0.1) is 45.6 Å². The van der Waals surface area contributed by atoms with Crippen LogP contribution in [0.2, 0.25) is 0 Å². The fourth-order valence-corrected chi connectivity index (χ4v) is 12.2. The molecule has 6 heteroatoms. The van der Waals surface area contributed by atoms with E-state index in [4.69, 9.17) is 6.57 Å². The first-order valence-corrected chi connectivity index (χ1v) is 26.1. The molecule has 12 aromatic rings. The van der Waals surface area contributed by atoms with E-state index in [1.54, 1.807) is 13.0 Å². The van der Waals surface area contributed by atoms with Gasteiger partial charge in [0, 0.05) is 21.5 Å². The second-order valence-electron chi connectivity index (χ2n) is 21.7. The number of hydrogen-bond donors (Lipinski definition) is 0. The molecule has 0 saturated heterocycles. The highest BCUT2D eigenvalue weighted by atomic mass is 19.4. The third-order valence-electron chi connectivity index (χ3n) is 15.2. The first kappa shape index (κ1) is 49.0. The Balaban J connectivity index is 1.22. The molecule has 0 N–H and O–H groups in total. The van der Waals surface area contributed by atoms with E-state index < -0.39 is 11.7 Å². The topological polar surface area (TPSA) is 14.2 Å². The molecule has 0 spiro atoms. The summed E-state index contributed by atoms with van der Waals surface area (Å²) in [5.41, 5.74) is 24.0. The van der Waals surface area contributed by atoms with Crippen LogP contribution in [0, 0.1) is 68.9 Å². The lowest BCUT2D eigenvalue weighted by atomic mass is 9.97. The van der Waals surface area contributed by atoms with Crippen molar-refractivity contribution in [1.29, 1.82) is 0 Å². The van der Waals surface area contributed by atoms with Crippen LogP contribution < -0.4 is 0 Å². The molecule has 10 aromatic carbocycles. The molecule has 2 aromatic heterocycles. The fourth-order valence-electron chi connectivity index (χ4n) is 12.2. The maximum Gasteiger partial charge on any atom is 0.416 e. The largest absolute Gasteiger partial charge is 0.416 e. The van der Waals surface area contributed by atoms with Crippen molar-refractivity contribution in [2.75, 3.05) is 0 Å². The molecule has 0 fully saturated rings. The van der Waals surface area contributed by atoms with Gasteiger partial charge < -0.3 is 9.13 Å². The van der Waals surface area contributed by atoms with E-state index >= 15 is 0 Å². The van der Waals surface area contributed by atoms with Crippen LogP contribution >= 0.6 is 0 Å². The summed E-state index contributed by atoms with van der Waals surface area (Å²) in [4.78, 5) is 4.15. The molecule has 12 rings (SSSR count). The summed E-state index contributed by atoms with van der Waals surface area (Å²) in [6.07, 6.45) is -4.59. The number of alkyl halides is 3. The maximum absolute atomic E-state index is 14.7. The molecular weight excluding hydrogens is 952 g/mol. The summed E-state index contributed by atoms with van der Waals surface area (Å²) in [5.74, 6) is 0. The third-order valence-corrected chi connectivity index (χ3v) is 15.2. The third kappa shape index (κ3) is 8.86. The molecule has 0 bridgehead atoms. The standard InChI is InChI=1S/C71H56F3N3/c1-40-19-41(2)24-53(23-40)49-11-15-65-60(34-49)61-35-50(54-25-42(3)20-43(4)26-54)12-16-66(61)76(65)69-38-59(57-31-48(9)32-58(33-57)71(72,73)74)64(75-10)39-70(69)77-67-17-13-51(55-27-44(5)21-45(6)28-55)36-62(67)63-37-52(14-18-68(63)77)56-29-46(7)22-47(8)30-56/h11-39H,1-9H3. The molecule has 2 heterocycles. The Hall–Kier alpha value is -8.92. The molecule has 0 atom stereocenters. The molecule has 0 aliphatic carbocycles. The molecule has 77 heavy (non-hydrogen) atoms. The van der Waals surface area contributed by atoms with Crippen molar-refractivity contribution in [1.82, 2.24) is 9.13 Å². The zero-order valence-corrected chi connectivity index (χ0v) is 44.7. The van der Waals surface area contributed by atoms with Gasteiger partial charge in [0.1, 0.15) is 0 Å². The lowest BCUT2D eigenvalue weighted by Gasteiger charge is -2.20. The van der Waals surface area contributed by atoms with Crippen molar-refractivity contribution in [2.45, 2.75) is 68.5 Å². The zero-order chi connectivity index (χ0) is 53.8. The number of hydrogen-bond acceptors (Lipinski definition) is 0. The van der Waals surface area contributed by atoms with Crippen LogP contribution in [0.15, 0.2) is 176 Å². The second-order valence-corrected chi connectivity index (χ2v) is 21.7. The highest BCUT2D eigenvalue weighted by molar-refractivity contribution is 6.14. The van der Waals surface area contributed by atoms with Crippen LogP contribution in [0.4, 0.5) is 18.9 Å². The number of aryl methyl sites for hydroxylation is 9. The van der Waals surface area contributed by atoms with Crippen LogP contribution in [0.1, 0.15) is 55.6 Å². The van der Waals surface area contributed by atoms with Crippen LogP contribution in [-0.4, -0.2) is 9.13 Å². The summed E-state index contributed by atoms with van der Waals surface area (Å²) in [6.45, 7) is 27.5. The van der Waals surface area contributed by atoms with Gasteiger partial charge in [0.15, 0.2) is 5.69 Å². The zero-order valence-electron chi connectivity index (χ0n) is 44.7. The maximum atomic E-state index is 14.7. The highest BCUT2D eigenvalue weighted by Gasteiger charge is 2.32. The van der Waals surface area contributed by atoms with Crippen molar-refractivity contribution < 1.29 is 13.2 Å². The smallest absolute Gasteiger partial charge is 0.308 e. The van der Waals surface area contributed by atoms with E-state index in [9.17, 15) is 13.2 Å². The molecule has 3 nitrogen and oxygen atoms in total. The van der Waals surface area contributed by atoms with Gasteiger partial charge in [-0.2, -0.15) is 13.2 Å². The minimum atomic E-state index is -4.59. The molecule has 0 radical (unpaired) electrons. The predicted octanol–water partition coefficient (Wildman–Crippen LogP) is 20.6. The Labute approximate surface area is 448 Å². The van der Waals surface area contributed by atoms with E-state index in [-0.39, 0.29) is 5.69 Å². The molecule has 376 valence electrons. The van der Waals surface area contributed by atoms with Crippen molar-refractivity contribution in [3.8, 4) is 67.0 Å². The van der Waals surface area contributed by atoms with Gasteiger partial charge in [0.2, 0.25) is 0 Å². The Morgan fingerprint density at radius 3 is 0.896 bits per heavy atom. The summed E-state index contributed by atoms with van der Waals surface area (Å²) >= 11 is 0. The first-order chi connectivity index (χ1) is 36.8. The van der Waals surface area contributed by atoms with E-state index in [0.29, 0.717) is 16.7 Å². The molecular formula is C71H56F3N3. The van der Waals surface area contributed by atoms with Gasteiger partial charge in [-0.15, -0.1) is 0 Å². The molecule has 0 aliphatic rings. The Morgan fingerprint density at radius 2 is 0.597 bits per heavy atom. The van der Waals surface area contributed by atoms with Crippen LogP contribution in [-0.2, 0) is 6.18 Å². The van der Waals surface area contributed by atoms with Gasteiger partial charge in [-0.25, -0.2) is 4.85 Å². The van der Waals surface area contributed by atoms with Crippen molar-refractivity contribution in [3.05, 3.63) is 243 Å². The molecule has 0 amide bonds. The van der Waals surface area contributed by atoms with Gasteiger partial charge in [-0.1, -0.05) is 148 Å². The van der Waals surface area contributed by atoms with Crippen LogP contribution in [0.25, 0.3) is 115 Å². The monoisotopic (exact) mass is 1010 g/mol. The summed E-state index contributed by atoms with van der Waals surface area (Å²) in [7, 11) is 0. The minimum absolute atomic E-state index is 0.242. The predicted molar refractivity (Wildman–Crippen MR) is 316 cm³/mol. The molecule has 0 saturated carbocycles. The van der Waals surface area contributed by atoms with E-state index in [1.807, 2.05) is 12.1 Å². The highest BCUT2D eigenvalue weighted by Crippen LogP contribution is 2.47.